The van der Waals surface area contributed by atoms with Gasteiger partial charge in [0.15, 0.2) is 17.5 Å². The van der Waals surface area contributed by atoms with Crippen LogP contribution in [0, 0.1) is 0 Å². The monoisotopic (exact) mass is 228 g/mol. The van der Waals surface area contributed by atoms with Gasteiger partial charge in [-0.2, -0.15) is 0 Å². The van der Waals surface area contributed by atoms with Crippen LogP contribution in [0.3, 0.4) is 0 Å². The Morgan fingerprint density at radius 2 is 1.81 bits per heavy atom. The zero-order valence-electron chi connectivity index (χ0n) is 11.4. The highest BCUT2D eigenvalue weighted by atomic mass is 15.6. The maximum absolute atomic E-state index is 5.99. The van der Waals surface area contributed by atoms with E-state index in [0.29, 0.717) is 5.96 Å². The van der Waals surface area contributed by atoms with Crippen LogP contribution in [0.2, 0.25) is 0 Å². The van der Waals surface area contributed by atoms with Gasteiger partial charge < -0.3 is 10.6 Å². The van der Waals surface area contributed by atoms with Crippen LogP contribution in [0.1, 0.15) is 13.8 Å². The fraction of sp³-hybridized carbons (Fsp3) is 0.900. The zero-order chi connectivity index (χ0) is 12.7. The molecule has 6 heteroatoms. The predicted molar refractivity (Wildman–Crippen MR) is 66.7 cm³/mol. The molecular formula is C10H24N6. The molecule has 1 aliphatic rings. The first-order chi connectivity index (χ1) is 7.20. The van der Waals surface area contributed by atoms with Gasteiger partial charge in [-0.1, -0.05) is 0 Å². The summed E-state index contributed by atoms with van der Waals surface area (Å²) in [4.78, 5) is 10.7. The minimum Gasteiger partial charge on any atom is -0.370 e. The van der Waals surface area contributed by atoms with E-state index in [1.165, 1.54) is 0 Å². The predicted octanol–water partition coefficient (Wildman–Crippen LogP) is -0.693. The second-order valence-electron chi connectivity index (χ2n) is 4.72. The molecule has 94 valence electrons. The van der Waals surface area contributed by atoms with Crippen molar-refractivity contribution in [2.45, 2.75) is 25.4 Å². The first kappa shape index (κ1) is 13.2. The smallest absolute Gasteiger partial charge is 0.196 e. The SMILES string of the molecule is CNC1(C)N=C(N)N(C)C(C)(N(C)C)N1C. The summed E-state index contributed by atoms with van der Waals surface area (Å²) in [5, 5.41) is 3.20. The third-order valence-electron chi connectivity index (χ3n) is 3.92. The summed E-state index contributed by atoms with van der Waals surface area (Å²) in [6.07, 6.45) is 0. The third-order valence-corrected chi connectivity index (χ3v) is 3.92. The quantitative estimate of drug-likeness (QED) is 0.655. The average Bonchev–Trinajstić information content (AvgIpc) is 2.23. The molecule has 0 radical (unpaired) electrons. The van der Waals surface area contributed by atoms with Gasteiger partial charge >= 0.3 is 0 Å². The molecule has 0 saturated heterocycles. The number of guanidine groups is 1. The number of hydrogen-bond donors (Lipinski definition) is 2. The second kappa shape index (κ2) is 3.87. The van der Waals surface area contributed by atoms with E-state index < -0.39 is 5.79 Å². The Bertz CT molecular complexity index is 302. The number of nitrogens with zero attached hydrogens (tertiary/aromatic N) is 4. The van der Waals surface area contributed by atoms with Gasteiger partial charge in [-0.15, -0.1) is 0 Å². The first-order valence-electron chi connectivity index (χ1n) is 5.39. The summed E-state index contributed by atoms with van der Waals surface area (Å²) in [5.41, 5.74) is 5.99. The van der Waals surface area contributed by atoms with Gasteiger partial charge in [0.05, 0.1) is 0 Å². The third kappa shape index (κ3) is 1.57. The molecule has 3 N–H and O–H groups in total. The van der Waals surface area contributed by atoms with Crippen molar-refractivity contribution in [2.75, 3.05) is 35.2 Å². The highest BCUT2D eigenvalue weighted by Gasteiger charge is 2.49. The Labute approximate surface area is 98.1 Å². The van der Waals surface area contributed by atoms with Crippen LogP contribution in [0.5, 0.6) is 0 Å². The van der Waals surface area contributed by atoms with Crippen LogP contribution in [0.15, 0.2) is 4.99 Å². The van der Waals surface area contributed by atoms with Crippen molar-refractivity contribution in [1.29, 1.82) is 0 Å². The van der Waals surface area contributed by atoms with Crippen molar-refractivity contribution in [3.63, 3.8) is 0 Å². The summed E-state index contributed by atoms with van der Waals surface area (Å²) in [7, 11) is 9.92. The van der Waals surface area contributed by atoms with Crippen LogP contribution in [-0.4, -0.2) is 67.5 Å². The summed E-state index contributed by atoms with van der Waals surface area (Å²) in [5.74, 6) is -0.273. The molecule has 0 aromatic rings. The minimum absolute atomic E-state index is 0.316. The molecule has 0 bridgehead atoms. The van der Waals surface area contributed by atoms with E-state index in [1.807, 2.05) is 47.1 Å². The molecule has 0 saturated carbocycles. The minimum atomic E-state index is -0.490. The van der Waals surface area contributed by atoms with Crippen LogP contribution < -0.4 is 11.1 Å². The Balaban J connectivity index is 3.29. The maximum atomic E-state index is 5.99. The lowest BCUT2D eigenvalue weighted by atomic mass is 10.2. The Kier molecular flexibility index (Phi) is 3.20. The van der Waals surface area contributed by atoms with Crippen molar-refractivity contribution in [3.05, 3.63) is 0 Å². The van der Waals surface area contributed by atoms with Gasteiger partial charge in [-0.25, -0.2) is 9.89 Å². The van der Waals surface area contributed by atoms with Crippen molar-refractivity contribution in [1.82, 2.24) is 20.0 Å². The van der Waals surface area contributed by atoms with Gasteiger partial charge in [0.25, 0.3) is 0 Å². The maximum Gasteiger partial charge on any atom is 0.196 e. The van der Waals surface area contributed by atoms with Gasteiger partial charge in [-0.05, 0) is 42.0 Å². The molecule has 0 aliphatic carbocycles. The summed E-state index contributed by atoms with van der Waals surface area (Å²) < 4.78 is 0. The van der Waals surface area contributed by atoms with E-state index in [2.05, 4.69) is 27.0 Å². The number of hydrogen-bond acceptors (Lipinski definition) is 6. The lowest BCUT2D eigenvalue weighted by molar-refractivity contribution is -0.150. The van der Waals surface area contributed by atoms with Gasteiger partial charge in [-0.3, -0.25) is 10.2 Å². The van der Waals surface area contributed by atoms with E-state index >= 15 is 0 Å². The molecule has 0 aromatic carbocycles. The lowest BCUT2D eigenvalue weighted by Crippen LogP contribution is -2.76. The molecule has 1 aliphatic heterocycles. The van der Waals surface area contributed by atoms with Crippen molar-refractivity contribution >= 4 is 5.96 Å². The number of nitrogens with two attached hydrogens (primary N) is 1. The Hall–Kier alpha value is -0.850. The number of aliphatic imine (C=N–C) groups is 1. The van der Waals surface area contributed by atoms with E-state index in [9.17, 15) is 0 Å². The van der Waals surface area contributed by atoms with E-state index in [1.54, 1.807) is 0 Å². The van der Waals surface area contributed by atoms with Crippen molar-refractivity contribution in [2.24, 2.45) is 10.7 Å². The van der Waals surface area contributed by atoms with Gasteiger partial charge in [0.2, 0.25) is 0 Å². The average molecular weight is 228 g/mol. The number of rotatable bonds is 2. The van der Waals surface area contributed by atoms with Crippen LogP contribution in [0.25, 0.3) is 0 Å². The highest BCUT2D eigenvalue weighted by Crippen LogP contribution is 2.31. The second-order valence-corrected chi connectivity index (χ2v) is 4.72. The van der Waals surface area contributed by atoms with E-state index in [4.69, 9.17) is 5.73 Å². The van der Waals surface area contributed by atoms with E-state index in [0.717, 1.165) is 0 Å². The molecule has 16 heavy (non-hydrogen) atoms. The van der Waals surface area contributed by atoms with Crippen molar-refractivity contribution in [3.8, 4) is 0 Å². The standard InChI is InChI=1S/C10H24N6/c1-9(12-3)13-8(11)15(6)10(2,14(4)5)16(9)7/h12H,1-7H3,(H2,11,13). The van der Waals surface area contributed by atoms with Gasteiger partial charge in [0, 0.05) is 7.05 Å². The van der Waals surface area contributed by atoms with E-state index in [-0.39, 0.29) is 5.79 Å². The van der Waals surface area contributed by atoms with Crippen LogP contribution >= 0.6 is 0 Å². The normalized spacial score (nSPS) is 36.8. The fourth-order valence-electron chi connectivity index (χ4n) is 2.05. The molecule has 0 amide bonds. The molecule has 6 nitrogen and oxygen atoms in total. The van der Waals surface area contributed by atoms with Gasteiger partial charge in [0.1, 0.15) is 0 Å². The van der Waals surface area contributed by atoms with Crippen LogP contribution in [0.4, 0.5) is 0 Å². The Morgan fingerprint density at radius 1 is 1.31 bits per heavy atom. The first-order valence-corrected chi connectivity index (χ1v) is 5.39. The van der Waals surface area contributed by atoms with Crippen molar-refractivity contribution < 1.29 is 0 Å². The molecular weight excluding hydrogens is 204 g/mol. The summed E-state index contributed by atoms with van der Waals surface area (Å²) in [6, 6.07) is 0. The molecule has 0 fully saturated rings. The molecule has 0 aromatic heterocycles. The number of nitrogens with one attached hydrogen (secondary N) is 1. The summed E-state index contributed by atoms with van der Waals surface area (Å²) >= 11 is 0. The molecule has 1 heterocycles. The molecule has 1 rings (SSSR count). The largest absolute Gasteiger partial charge is 0.370 e. The molecule has 0 spiro atoms. The summed E-state index contributed by atoms with van der Waals surface area (Å²) in [6.45, 7) is 4.12. The molecule has 2 unspecified atom stereocenters. The highest BCUT2D eigenvalue weighted by molar-refractivity contribution is 5.79. The zero-order valence-corrected chi connectivity index (χ0v) is 11.4. The lowest BCUT2D eigenvalue weighted by Gasteiger charge is -2.57. The van der Waals surface area contributed by atoms with Crippen LogP contribution in [-0.2, 0) is 0 Å². The topological polar surface area (TPSA) is 60.1 Å². The Morgan fingerprint density at radius 3 is 2.19 bits per heavy atom. The fourth-order valence-corrected chi connectivity index (χ4v) is 2.05. The molecule has 2 atom stereocenters.